The number of methoxy groups -OCH3 is 1. The first kappa shape index (κ1) is 17.3. The van der Waals surface area contributed by atoms with E-state index in [9.17, 15) is 4.39 Å². The molecule has 0 bridgehead atoms. The molecule has 0 aliphatic heterocycles. The quantitative estimate of drug-likeness (QED) is 0.710. The lowest BCUT2D eigenvalue weighted by molar-refractivity contribution is 0.294. The predicted octanol–water partition coefficient (Wildman–Crippen LogP) is 3.96. The molecular weight excluding hydrogens is 293 g/mol. The highest BCUT2D eigenvalue weighted by Crippen LogP contribution is 2.28. The van der Waals surface area contributed by atoms with Crippen LogP contribution in [-0.4, -0.2) is 20.3 Å². The highest BCUT2D eigenvalue weighted by Gasteiger charge is 2.06. The Kier molecular flexibility index (Phi) is 6.88. The molecule has 23 heavy (non-hydrogen) atoms. The van der Waals surface area contributed by atoms with Crippen LogP contribution in [0, 0.1) is 5.82 Å². The van der Waals surface area contributed by atoms with Crippen molar-refractivity contribution in [1.29, 1.82) is 0 Å². The van der Waals surface area contributed by atoms with E-state index in [0.717, 1.165) is 35.6 Å². The van der Waals surface area contributed by atoms with Crippen LogP contribution < -0.4 is 14.8 Å². The van der Waals surface area contributed by atoms with Crippen molar-refractivity contribution in [2.75, 3.05) is 20.3 Å². The average molecular weight is 317 g/mol. The van der Waals surface area contributed by atoms with Gasteiger partial charge in [0.1, 0.15) is 5.82 Å². The minimum Gasteiger partial charge on any atom is -0.493 e. The first-order valence-corrected chi connectivity index (χ1v) is 7.98. The van der Waals surface area contributed by atoms with Crippen molar-refractivity contribution in [2.24, 2.45) is 0 Å². The zero-order chi connectivity index (χ0) is 16.5. The Bertz CT molecular complexity index is 616. The summed E-state index contributed by atoms with van der Waals surface area (Å²) in [6.07, 6.45) is 1.63. The van der Waals surface area contributed by atoms with Gasteiger partial charge in [-0.1, -0.05) is 31.2 Å². The molecule has 0 atom stereocenters. The second-order valence-corrected chi connectivity index (χ2v) is 5.35. The molecule has 4 heteroatoms. The van der Waals surface area contributed by atoms with Crippen LogP contribution in [-0.2, 0) is 13.0 Å². The summed E-state index contributed by atoms with van der Waals surface area (Å²) in [5, 5.41) is 3.33. The van der Waals surface area contributed by atoms with Crippen molar-refractivity contribution >= 4 is 0 Å². The molecule has 3 nitrogen and oxygen atoms in total. The molecule has 0 aliphatic rings. The summed E-state index contributed by atoms with van der Waals surface area (Å²) in [6, 6.07) is 12.8. The molecule has 2 aromatic carbocycles. The molecule has 2 aromatic rings. The van der Waals surface area contributed by atoms with Gasteiger partial charge in [-0.25, -0.2) is 4.39 Å². The number of hydrogen-bond donors (Lipinski definition) is 1. The maximum absolute atomic E-state index is 13.5. The van der Waals surface area contributed by atoms with Crippen molar-refractivity contribution < 1.29 is 13.9 Å². The Morgan fingerprint density at radius 3 is 2.65 bits per heavy atom. The third-order valence-electron chi connectivity index (χ3n) is 3.55. The number of nitrogens with one attached hydrogen (secondary N) is 1. The first-order valence-electron chi connectivity index (χ1n) is 7.98. The minimum atomic E-state index is -0.145. The standard InChI is InChI=1S/C19H24FNO2/c1-3-12-23-18-9-8-15(13-19(18)22-2)14-21-11-10-16-6-4-5-7-17(16)20/h4-9,13,21H,3,10-12,14H2,1-2H3. The maximum atomic E-state index is 13.5. The molecule has 1 N–H and O–H groups in total. The zero-order valence-electron chi connectivity index (χ0n) is 13.8. The summed E-state index contributed by atoms with van der Waals surface area (Å²) < 4.78 is 24.5. The molecule has 0 saturated heterocycles. The van der Waals surface area contributed by atoms with E-state index in [1.54, 1.807) is 13.2 Å². The van der Waals surface area contributed by atoms with Crippen LogP contribution in [0.1, 0.15) is 24.5 Å². The predicted molar refractivity (Wildman–Crippen MR) is 90.6 cm³/mol. The fraction of sp³-hybridized carbons (Fsp3) is 0.368. The Balaban J connectivity index is 1.84. The van der Waals surface area contributed by atoms with Crippen LogP contribution in [0.15, 0.2) is 42.5 Å². The van der Waals surface area contributed by atoms with Gasteiger partial charge in [-0.15, -0.1) is 0 Å². The fourth-order valence-corrected chi connectivity index (χ4v) is 2.31. The van der Waals surface area contributed by atoms with Crippen LogP contribution in [0.2, 0.25) is 0 Å². The summed E-state index contributed by atoms with van der Waals surface area (Å²) in [4.78, 5) is 0. The van der Waals surface area contributed by atoms with Gasteiger partial charge in [0.05, 0.1) is 13.7 Å². The van der Waals surface area contributed by atoms with Gasteiger partial charge in [0.15, 0.2) is 11.5 Å². The largest absolute Gasteiger partial charge is 0.493 e. The van der Waals surface area contributed by atoms with Gasteiger partial charge in [0.2, 0.25) is 0 Å². The normalized spacial score (nSPS) is 10.6. The highest BCUT2D eigenvalue weighted by atomic mass is 19.1. The van der Waals surface area contributed by atoms with Gasteiger partial charge < -0.3 is 14.8 Å². The number of ether oxygens (including phenoxy) is 2. The summed E-state index contributed by atoms with van der Waals surface area (Å²) in [5.41, 5.74) is 1.85. The van der Waals surface area contributed by atoms with E-state index in [4.69, 9.17) is 9.47 Å². The van der Waals surface area contributed by atoms with Crippen LogP contribution in [0.5, 0.6) is 11.5 Å². The van der Waals surface area contributed by atoms with E-state index >= 15 is 0 Å². The molecular formula is C19H24FNO2. The van der Waals surface area contributed by atoms with Crippen molar-refractivity contribution in [2.45, 2.75) is 26.3 Å². The van der Waals surface area contributed by atoms with Gasteiger partial charge in [-0.3, -0.25) is 0 Å². The summed E-state index contributed by atoms with van der Waals surface area (Å²) in [7, 11) is 1.64. The van der Waals surface area contributed by atoms with Crippen molar-refractivity contribution in [3.63, 3.8) is 0 Å². The Hall–Kier alpha value is -2.07. The lowest BCUT2D eigenvalue weighted by atomic mass is 10.1. The third kappa shape index (κ3) is 5.25. The molecule has 0 heterocycles. The summed E-state index contributed by atoms with van der Waals surface area (Å²) in [5.74, 6) is 1.37. The third-order valence-corrected chi connectivity index (χ3v) is 3.55. The molecule has 0 aliphatic carbocycles. The molecule has 0 saturated carbocycles. The SMILES string of the molecule is CCCOc1ccc(CNCCc2ccccc2F)cc1OC. The first-order chi connectivity index (χ1) is 11.2. The summed E-state index contributed by atoms with van der Waals surface area (Å²) in [6.45, 7) is 4.17. The van der Waals surface area contributed by atoms with Crippen LogP contribution in [0.4, 0.5) is 4.39 Å². The average Bonchev–Trinajstić information content (AvgIpc) is 2.58. The van der Waals surface area contributed by atoms with E-state index in [2.05, 4.69) is 12.2 Å². The molecule has 2 rings (SSSR count). The number of halogens is 1. The van der Waals surface area contributed by atoms with Crippen molar-refractivity contribution in [3.8, 4) is 11.5 Å². The number of rotatable bonds is 9. The number of benzene rings is 2. The van der Waals surface area contributed by atoms with E-state index in [1.807, 2.05) is 30.3 Å². The molecule has 0 fully saturated rings. The van der Waals surface area contributed by atoms with Crippen LogP contribution in [0.25, 0.3) is 0 Å². The Labute approximate surface area is 137 Å². The molecule has 0 unspecified atom stereocenters. The van der Waals surface area contributed by atoms with Crippen molar-refractivity contribution in [3.05, 3.63) is 59.4 Å². The molecule has 124 valence electrons. The number of hydrogen-bond acceptors (Lipinski definition) is 3. The molecule has 0 spiro atoms. The van der Waals surface area contributed by atoms with Gasteiger partial charge in [-0.2, -0.15) is 0 Å². The Morgan fingerprint density at radius 1 is 1.09 bits per heavy atom. The Morgan fingerprint density at radius 2 is 1.91 bits per heavy atom. The lowest BCUT2D eigenvalue weighted by Crippen LogP contribution is -2.17. The molecule has 0 radical (unpaired) electrons. The van der Waals surface area contributed by atoms with Gasteiger partial charge in [0, 0.05) is 6.54 Å². The van der Waals surface area contributed by atoms with Crippen LogP contribution >= 0.6 is 0 Å². The second kappa shape index (κ2) is 9.16. The minimum absolute atomic E-state index is 0.145. The van der Waals surface area contributed by atoms with Gasteiger partial charge >= 0.3 is 0 Å². The smallest absolute Gasteiger partial charge is 0.161 e. The fourth-order valence-electron chi connectivity index (χ4n) is 2.31. The topological polar surface area (TPSA) is 30.5 Å². The summed E-state index contributed by atoms with van der Waals surface area (Å²) >= 11 is 0. The molecule has 0 aromatic heterocycles. The van der Waals surface area contributed by atoms with Gasteiger partial charge in [0.25, 0.3) is 0 Å². The lowest BCUT2D eigenvalue weighted by Gasteiger charge is -2.12. The monoisotopic (exact) mass is 317 g/mol. The molecule has 0 amide bonds. The zero-order valence-corrected chi connectivity index (χ0v) is 13.8. The van der Waals surface area contributed by atoms with E-state index in [1.165, 1.54) is 6.07 Å². The highest BCUT2D eigenvalue weighted by molar-refractivity contribution is 5.42. The second-order valence-electron chi connectivity index (χ2n) is 5.35. The maximum Gasteiger partial charge on any atom is 0.161 e. The van der Waals surface area contributed by atoms with Crippen LogP contribution in [0.3, 0.4) is 0 Å². The van der Waals surface area contributed by atoms with E-state index in [-0.39, 0.29) is 5.82 Å². The van der Waals surface area contributed by atoms with E-state index < -0.39 is 0 Å². The van der Waals surface area contributed by atoms with Crippen molar-refractivity contribution in [1.82, 2.24) is 5.32 Å². The van der Waals surface area contributed by atoms with Gasteiger partial charge in [-0.05, 0) is 48.7 Å². The van der Waals surface area contributed by atoms with E-state index in [0.29, 0.717) is 19.6 Å².